The number of oxime groups is 1. The number of nitrogens with two attached hydrogens (primary N) is 1. The molecule has 1 atom stereocenters. The predicted molar refractivity (Wildman–Crippen MR) is 78.0 cm³/mol. The number of nitrogens with zero attached hydrogens (tertiary/aromatic N) is 1. The molecular weight excluding hydrogens is 226 g/mol. The van der Waals surface area contributed by atoms with E-state index in [1.54, 1.807) is 0 Å². The summed E-state index contributed by atoms with van der Waals surface area (Å²) in [6, 6.07) is 0.330. The summed E-state index contributed by atoms with van der Waals surface area (Å²) in [7, 11) is 0. The van der Waals surface area contributed by atoms with Crippen LogP contribution >= 0.6 is 0 Å². The van der Waals surface area contributed by atoms with Gasteiger partial charge >= 0.3 is 0 Å². The minimum atomic E-state index is 0.311. The molecule has 4 nitrogen and oxygen atoms in total. The molecule has 18 heavy (non-hydrogen) atoms. The lowest BCUT2D eigenvalue weighted by atomic mass is 10.0. The minimum absolute atomic E-state index is 0.311. The molecule has 4 heteroatoms. The highest BCUT2D eigenvalue weighted by Crippen LogP contribution is 2.09. The molecule has 1 unspecified atom stereocenters. The highest BCUT2D eigenvalue weighted by Gasteiger charge is 2.07. The second kappa shape index (κ2) is 11.3. The average molecular weight is 257 g/mol. The van der Waals surface area contributed by atoms with E-state index in [4.69, 9.17) is 10.9 Å². The molecule has 0 aliphatic heterocycles. The molecule has 0 fully saturated rings. The van der Waals surface area contributed by atoms with Crippen LogP contribution in [0.5, 0.6) is 0 Å². The fraction of sp³-hybridized carbons (Fsp3) is 0.929. The fourth-order valence-electron chi connectivity index (χ4n) is 1.99. The van der Waals surface area contributed by atoms with Gasteiger partial charge in [-0.3, -0.25) is 0 Å². The van der Waals surface area contributed by atoms with E-state index in [9.17, 15) is 0 Å². The van der Waals surface area contributed by atoms with Crippen molar-refractivity contribution in [2.45, 2.75) is 71.8 Å². The number of hydrogen-bond acceptors (Lipinski definition) is 3. The van der Waals surface area contributed by atoms with Gasteiger partial charge in [-0.05, 0) is 25.3 Å². The van der Waals surface area contributed by atoms with Crippen molar-refractivity contribution in [3.8, 4) is 0 Å². The molecule has 0 aromatic carbocycles. The maximum atomic E-state index is 8.53. The SMILES string of the molecule is CCC(CC(N)=NO)NCCCCCCC(C)C. The Hall–Kier alpha value is -0.770. The smallest absolute Gasteiger partial charge is 0.140 e. The zero-order valence-electron chi connectivity index (χ0n) is 12.3. The Bertz CT molecular complexity index is 217. The summed E-state index contributed by atoms with van der Waals surface area (Å²) < 4.78 is 0. The molecule has 0 radical (unpaired) electrons. The van der Waals surface area contributed by atoms with Crippen molar-refractivity contribution in [2.75, 3.05) is 6.54 Å². The quantitative estimate of drug-likeness (QED) is 0.175. The monoisotopic (exact) mass is 257 g/mol. The van der Waals surface area contributed by atoms with Gasteiger partial charge in [-0.25, -0.2) is 0 Å². The van der Waals surface area contributed by atoms with Crippen LogP contribution in [0.2, 0.25) is 0 Å². The molecule has 0 amide bonds. The maximum absolute atomic E-state index is 8.53. The van der Waals surface area contributed by atoms with Gasteiger partial charge in [0.25, 0.3) is 0 Å². The highest BCUT2D eigenvalue weighted by atomic mass is 16.4. The molecule has 0 aliphatic rings. The molecule has 108 valence electrons. The normalized spacial score (nSPS) is 14.1. The van der Waals surface area contributed by atoms with Crippen molar-refractivity contribution in [1.29, 1.82) is 0 Å². The van der Waals surface area contributed by atoms with E-state index in [0.29, 0.717) is 18.3 Å². The van der Waals surface area contributed by atoms with E-state index in [2.05, 4.69) is 31.2 Å². The van der Waals surface area contributed by atoms with Crippen LogP contribution in [0, 0.1) is 5.92 Å². The predicted octanol–water partition coefficient (Wildman–Crippen LogP) is 3.10. The summed E-state index contributed by atoms with van der Waals surface area (Å²) in [4.78, 5) is 0. The van der Waals surface area contributed by atoms with E-state index >= 15 is 0 Å². The van der Waals surface area contributed by atoms with Crippen LogP contribution in [0.3, 0.4) is 0 Å². The number of unbranched alkanes of at least 4 members (excludes halogenated alkanes) is 3. The van der Waals surface area contributed by atoms with Crippen LogP contribution in [0.15, 0.2) is 5.16 Å². The summed E-state index contributed by atoms with van der Waals surface area (Å²) in [5.41, 5.74) is 5.51. The summed E-state index contributed by atoms with van der Waals surface area (Å²) in [5, 5.41) is 15.0. The van der Waals surface area contributed by atoms with E-state index in [1.165, 1.54) is 32.1 Å². The number of nitrogens with one attached hydrogen (secondary N) is 1. The van der Waals surface area contributed by atoms with Crippen molar-refractivity contribution in [1.82, 2.24) is 5.32 Å². The Balaban J connectivity index is 3.45. The Kier molecular flexibility index (Phi) is 10.8. The van der Waals surface area contributed by atoms with Crippen LogP contribution in [0.4, 0.5) is 0 Å². The first kappa shape index (κ1) is 17.2. The lowest BCUT2D eigenvalue weighted by molar-refractivity contribution is 0.315. The Morgan fingerprint density at radius 2 is 1.89 bits per heavy atom. The number of rotatable bonds is 11. The standard InChI is InChI=1S/C14H31N3O/c1-4-13(11-14(15)17-18)16-10-8-6-5-7-9-12(2)3/h12-13,16,18H,4-11H2,1-3H3,(H2,15,17). The topological polar surface area (TPSA) is 70.6 Å². The molecule has 0 aliphatic carbocycles. The molecule has 0 heterocycles. The highest BCUT2D eigenvalue weighted by molar-refractivity contribution is 5.80. The molecule has 0 saturated heterocycles. The summed E-state index contributed by atoms with van der Waals surface area (Å²) in [6.45, 7) is 7.70. The van der Waals surface area contributed by atoms with Gasteiger partial charge in [0.2, 0.25) is 0 Å². The molecule has 0 rings (SSSR count). The second-order valence-electron chi connectivity index (χ2n) is 5.45. The molecular formula is C14H31N3O. The van der Waals surface area contributed by atoms with Crippen molar-refractivity contribution < 1.29 is 5.21 Å². The van der Waals surface area contributed by atoms with E-state index in [0.717, 1.165) is 18.9 Å². The Labute approximate surface area is 112 Å². The van der Waals surface area contributed by atoms with Crippen molar-refractivity contribution in [2.24, 2.45) is 16.8 Å². The van der Waals surface area contributed by atoms with Gasteiger partial charge in [0.1, 0.15) is 5.84 Å². The van der Waals surface area contributed by atoms with E-state index in [1.807, 2.05) is 0 Å². The zero-order valence-corrected chi connectivity index (χ0v) is 12.3. The molecule has 0 spiro atoms. The van der Waals surface area contributed by atoms with Gasteiger partial charge in [0.05, 0.1) is 0 Å². The maximum Gasteiger partial charge on any atom is 0.140 e. The lowest BCUT2D eigenvalue weighted by Crippen LogP contribution is -2.33. The summed E-state index contributed by atoms with van der Waals surface area (Å²) in [5.74, 6) is 1.14. The number of amidine groups is 1. The Morgan fingerprint density at radius 1 is 1.22 bits per heavy atom. The van der Waals surface area contributed by atoms with Gasteiger partial charge in [0.15, 0.2) is 0 Å². The van der Waals surface area contributed by atoms with Gasteiger partial charge in [-0.2, -0.15) is 0 Å². The van der Waals surface area contributed by atoms with Crippen LogP contribution < -0.4 is 11.1 Å². The van der Waals surface area contributed by atoms with Gasteiger partial charge in [0, 0.05) is 12.5 Å². The van der Waals surface area contributed by atoms with E-state index < -0.39 is 0 Å². The first-order valence-corrected chi connectivity index (χ1v) is 7.29. The van der Waals surface area contributed by atoms with Crippen molar-refractivity contribution >= 4 is 5.84 Å². The lowest BCUT2D eigenvalue weighted by Gasteiger charge is -2.15. The van der Waals surface area contributed by atoms with Gasteiger partial charge < -0.3 is 16.3 Å². The molecule has 0 aromatic heterocycles. The van der Waals surface area contributed by atoms with Crippen LogP contribution in [0.25, 0.3) is 0 Å². The van der Waals surface area contributed by atoms with Crippen molar-refractivity contribution in [3.63, 3.8) is 0 Å². The summed E-state index contributed by atoms with van der Waals surface area (Å²) >= 11 is 0. The van der Waals surface area contributed by atoms with Crippen LogP contribution in [0.1, 0.15) is 65.7 Å². The van der Waals surface area contributed by atoms with Crippen LogP contribution in [-0.4, -0.2) is 23.6 Å². The zero-order chi connectivity index (χ0) is 13.8. The van der Waals surface area contributed by atoms with E-state index in [-0.39, 0.29) is 0 Å². The fourth-order valence-corrected chi connectivity index (χ4v) is 1.99. The average Bonchev–Trinajstić information content (AvgIpc) is 2.35. The first-order chi connectivity index (χ1) is 8.60. The molecule has 0 saturated carbocycles. The second-order valence-corrected chi connectivity index (χ2v) is 5.45. The largest absolute Gasteiger partial charge is 0.409 e. The van der Waals surface area contributed by atoms with Crippen molar-refractivity contribution in [3.05, 3.63) is 0 Å². The molecule has 4 N–H and O–H groups in total. The first-order valence-electron chi connectivity index (χ1n) is 7.29. The minimum Gasteiger partial charge on any atom is -0.409 e. The number of hydrogen-bond donors (Lipinski definition) is 3. The van der Waals surface area contributed by atoms with Gasteiger partial charge in [-0.15, -0.1) is 0 Å². The third-order valence-electron chi connectivity index (χ3n) is 3.22. The summed E-state index contributed by atoms with van der Waals surface area (Å²) in [6.07, 6.45) is 8.15. The van der Waals surface area contributed by atoms with Gasteiger partial charge in [-0.1, -0.05) is 51.6 Å². The molecule has 0 bridgehead atoms. The third kappa shape index (κ3) is 10.4. The van der Waals surface area contributed by atoms with Crippen LogP contribution in [-0.2, 0) is 0 Å². The Morgan fingerprint density at radius 3 is 2.44 bits per heavy atom. The molecule has 0 aromatic rings. The third-order valence-corrected chi connectivity index (χ3v) is 3.22.